The van der Waals surface area contributed by atoms with Crippen molar-refractivity contribution < 1.29 is 13.2 Å². The van der Waals surface area contributed by atoms with Gasteiger partial charge in [-0.3, -0.25) is 4.79 Å². The summed E-state index contributed by atoms with van der Waals surface area (Å²) in [6.45, 7) is 2.32. The number of amides is 1. The van der Waals surface area contributed by atoms with Gasteiger partial charge in [-0.1, -0.05) is 63.9 Å². The summed E-state index contributed by atoms with van der Waals surface area (Å²) in [6, 6.07) is 19.5. The molecule has 1 N–H and O–H groups in total. The summed E-state index contributed by atoms with van der Waals surface area (Å²) in [5, 5.41) is 1.58. The lowest BCUT2D eigenvalue weighted by Crippen LogP contribution is -2.28. The van der Waals surface area contributed by atoms with Crippen molar-refractivity contribution in [1.82, 2.24) is 14.3 Å². The van der Waals surface area contributed by atoms with E-state index in [0.717, 1.165) is 21.3 Å². The summed E-state index contributed by atoms with van der Waals surface area (Å²) in [6.07, 6.45) is 1.43. The van der Waals surface area contributed by atoms with Crippen LogP contribution in [0.15, 0.2) is 76.6 Å². The minimum absolute atomic E-state index is 0.210. The molecule has 0 saturated carbocycles. The number of carbonyl (C=O) groups excluding carboxylic acids is 1. The van der Waals surface area contributed by atoms with Crippen molar-refractivity contribution >= 4 is 60.6 Å². The van der Waals surface area contributed by atoms with Crippen LogP contribution in [0.25, 0.3) is 17.1 Å². The predicted octanol–water partition coefficient (Wildman–Crippen LogP) is 5.54. The number of hydrogen-bond donors (Lipinski definition) is 1. The summed E-state index contributed by atoms with van der Waals surface area (Å²) < 4.78 is 29.7. The molecule has 0 fully saturated rings. The molecule has 1 amide bonds. The van der Waals surface area contributed by atoms with Crippen LogP contribution in [0.3, 0.4) is 0 Å². The van der Waals surface area contributed by atoms with E-state index in [1.807, 2.05) is 35.8 Å². The molecule has 0 radical (unpaired) electrons. The van der Waals surface area contributed by atoms with E-state index in [-0.39, 0.29) is 5.56 Å². The van der Waals surface area contributed by atoms with Crippen molar-refractivity contribution in [2.24, 2.45) is 0 Å². The Hall–Kier alpha value is -2.94. The highest BCUT2D eigenvalue weighted by Gasteiger charge is 2.16. The average molecular weight is 545 g/mol. The fraction of sp³-hybridized carbons (Fsp3) is 0.0833. The molecular weight excluding hydrogens is 526 g/mol. The number of benzene rings is 3. The number of halogens is 2. The lowest BCUT2D eigenvalue weighted by molar-refractivity contribution is 0.0982. The van der Waals surface area contributed by atoms with Crippen molar-refractivity contribution in [3.8, 4) is 0 Å². The van der Waals surface area contributed by atoms with Crippen molar-refractivity contribution in [3.63, 3.8) is 0 Å². The molecule has 4 rings (SSSR count). The number of aryl methyl sites for hydroxylation is 1. The van der Waals surface area contributed by atoms with Gasteiger partial charge in [0.2, 0.25) is 0 Å². The number of aromatic nitrogens is 2. The van der Waals surface area contributed by atoms with E-state index in [4.69, 9.17) is 11.6 Å². The van der Waals surface area contributed by atoms with Crippen molar-refractivity contribution in [2.75, 3.05) is 0 Å². The summed E-state index contributed by atoms with van der Waals surface area (Å²) in [5.41, 5.74) is 3.22. The van der Waals surface area contributed by atoms with Crippen molar-refractivity contribution in [1.29, 1.82) is 0 Å². The molecule has 3 aromatic carbocycles. The molecule has 168 valence electrons. The van der Waals surface area contributed by atoms with E-state index >= 15 is 0 Å². The van der Waals surface area contributed by atoms with Crippen LogP contribution in [0.5, 0.6) is 0 Å². The summed E-state index contributed by atoms with van der Waals surface area (Å²) in [7, 11) is -3.97. The minimum Gasteiger partial charge on any atom is -0.324 e. The SMILES string of the molecule is Cc1nc2ccc(C(=O)NS(=O)(=O)/C=C/c3ccccc3)cc2n1Cc1ccc(Br)cc1Cl. The number of carbonyl (C=O) groups is 1. The predicted molar refractivity (Wildman–Crippen MR) is 135 cm³/mol. The Kier molecular flexibility index (Phi) is 6.69. The van der Waals surface area contributed by atoms with E-state index in [1.165, 1.54) is 6.08 Å². The molecule has 9 heteroatoms. The van der Waals surface area contributed by atoms with Gasteiger partial charge in [0.15, 0.2) is 0 Å². The number of nitrogens with zero attached hydrogens (tertiary/aromatic N) is 2. The first-order valence-corrected chi connectivity index (χ1v) is 12.6. The number of sulfonamides is 1. The molecule has 0 aliphatic carbocycles. The maximum absolute atomic E-state index is 12.7. The zero-order valence-electron chi connectivity index (χ0n) is 17.5. The van der Waals surface area contributed by atoms with Crippen LogP contribution in [0, 0.1) is 6.92 Å². The number of imidazole rings is 1. The highest BCUT2D eigenvalue weighted by Crippen LogP contribution is 2.25. The molecule has 6 nitrogen and oxygen atoms in total. The van der Waals surface area contributed by atoms with Gasteiger partial charge in [0.05, 0.1) is 23.0 Å². The fourth-order valence-corrected chi connectivity index (χ4v) is 4.87. The van der Waals surface area contributed by atoms with Crippen molar-refractivity contribution in [2.45, 2.75) is 13.5 Å². The molecule has 1 aromatic heterocycles. The quantitative estimate of drug-likeness (QED) is 0.346. The third kappa shape index (κ3) is 5.52. The van der Waals surface area contributed by atoms with Crippen LogP contribution in [0.4, 0.5) is 0 Å². The zero-order valence-corrected chi connectivity index (χ0v) is 20.7. The van der Waals surface area contributed by atoms with Gasteiger partial charge in [0.25, 0.3) is 15.9 Å². The van der Waals surface area contributed by atoms with Gasteiger partial charge in [-0.15, -0.1) is 0 Å². The van der Waals surface area contributed by atoms with Crippen LogP contribution >= 0.6 is 27.5 Å². The molecule has 1 heterocycles. The molecule has 4 aromatic rings. The first-order chi connectivity index (χ1) is 15.7. The summed E-state index contributed by atoms with van der Waals surface area (Å²) >= 11 is 9.78. The number of rotatable bonds is 6. The summed E-state index contributed by atoms with van der Waals surface area (Å²) in [5.74, 6) is 0.0293. The van der Waals surface area contributed by atoms with E-state index < -0.39 is 15.9 Å². The number of hydrogen-bond acceptors (Lipinski definition) is 4. The van der Waals surface area contributed by atoms with Crippen LogP contribution in [0.2, 0.25) is 5.02 Å². The van der Waals surface area contributed by atoms with Gasteiger partial charge in [-0.25, -0.2) is 18.1 Å². The molecule has 0 spiro atoms. The van der Waals surface area contributed by atoms with Gasteiger partial charge < -0.3 is 4.57 Å². The topological polar surface area (TPSA) is 81.1 Å². The van der Waals surface area contributed by atoms with Gasteiger partial charge in [0, 0.05) is 15.1 Å². The average Bonchev–Trinajstić information content (AvgIpc) is 3.09. The Morgan fingerprint density at radius 1 is 1.12 bits per heavy atom. The van der Waals surface area contributed by atoms with Gasteiger partial charge in [0.1, 0.15) is 5.82 Å². The van der Waals surface area contributed by atoms with E-state index in [1.54, 1.807) is 42.5 Å². The van der Waals surface area contributed by atoms with Crippen LogP contribution in [0.1, 0.15) is 27.3 Å². The van der Waals surface area contributed by atoms with Gasteiger partial charge in [-0.2, -0.15) is 0 Å². The zero-order chi connectivity index (χ0) is 23.6. The second-order valence-electron chi connectivity index (χ2n) is 7.37. The number of fused-ring (bicyclic) bond motifs is 1. The third-order valence-corrected chi connectivity index (χ3v) is 6.83. The highest BCUT2D eigenvalue weighted by atomic mass is 79.9. The van der Waals surface area contributed by atoms with Crippen LogP contribution in [-0.2, 0) is 16.6 Å². The first-order valence-electron chi connectivity index (χ1n) is 9.93. The second-order valence-corrected chi connectivity index (χ2v) is 10.3. The second kappa shape index (κ2) is 9.51. The Labute approximate surface area is 205 Å². The molecule has 0 aliphatic rings. The molecule has 0 aliphatic heterocycles. The normalized spacial score (nSPS) is 11.8. The number of nitrogens with one attached hydrogen (secondary N) is 1. The molecule has 0 atom stereocenters. The lowest BCUT2D eigenvalue weighted by Gasteiger charge is -2.10. The molecule has 0 unspecified atom stereocenters. The van der Waals surface area contributed by atoms with Gasteiger partial charge >= 0.3 is 0 Å². The Morgan fingerprint density at radius 2 is 1.88 bits per heavy atom. The van der Waals surface area contributed by atoms with Crippen molar-refractivity contribution in [3.05, 3.63) is 104 Å². The first kappa shape index (κ1) is 23.2. The standard InChI is InChI=1S/C24H19BrClN3O3S/c1-16-27-22-10-8-18(13-23(22)29(16)15-19-7-9-20(25)14-21(19)26)24(30)28-33(31,32)12-11-17-5-3-2-4-6-17/h2-14H,15H2,1H3,(H,28,30)/b12-11+. The maximum Gasteiger partial charge on any atom is 0.265 e. The lowest BCUT2D eigenvalue weighted by atomic mass is 10.2. The molecule has 33 heavy (non-hydrogen) atoms. The third-order valence-electron chi connectivity index (χ3n) is 5.02. The molecule has 0 bridgehead atoms. The van der Waals surface area contributed by atoms with E-state index in [9.17, 15) is 13.2 Å². The maximum atomic E-state index is 12.7. The fourth-order valence-electron chi connectivity index (χ4n) is 3.36. The van der Waals surface area contributed by atoms with E-state index in [0.29, 0.717) is 28.2 Å². The Balaban J connectivity index is 1.60. The van der Waals surface area contributed by atoms with E-state index in [2.05, 4.69) is 25.6 Å². The highest BCUT2D eigenvalue weighted by molar-refractivity contribution is 9.10. The Bertz CT molecular complexity index is 1480. The summed E-state index contributed by atoms with van der Waals surface area (Å²) in [4.78, 5) is 17.2. The van der Waals surface area contributed by atoms with Gasteiger partial charge in [-0.05, 0) is 54.5 Å². The Morgan fingerprint density at radius 3 is 2.61 bits per heavy atom. The van der Waals surface area contributed by atoms with Crippen LogP contribution in [-0.4, -0.2) is 23.9 Å². The van der Waals surface area contributed by atoms with Crippen LogP contribution < -0.4 is 4.72 Å². The molecular formula is C24H19BrClN3O3S. The molecule has 0 saturated heterocycles. The minimum atomic E-state index is -3.97. The smallest absolute Gasteiger partial charge is 0.265 e. The largest absolute Gasteiger partial charge is 0.324 e. The monoisotopic (exact) mass is 543 g/mol.